The van der Waals surface area contributed by atoms with Crippen LogP contribution in [0.2, 0.25) is 0 Å². The molecule has 0 aliphatic rings. The first-order valence-electron chi connectivity index (χ1n) is 5.27. The molecule has 0 saturated heterocycles. The van der Waals surface area contributed by atoms with Gasteiger partial charge in [0.1, 0.15) is 5.75 Å². The molecule has 0 spiro atoms. The highest BCUT2D eigenvalue weighted by Gasteiger charge is 2.11. The fraction of sp³-hybridized carbons (Fsp3) is 0.0769. The van der Waals surface area contributed by atoms with E-state index in [4.69, 9.17) is 4.74 Å². The zero-order valence-corrected chi connectivity index (χ0v) is 9.71. The lowest BCUT2D eigenvalue weighted by atomic mass is 10.2. The highest BCUT2D eigenvalue weighted by atomic mass is 19.1. The fourth-order valence-corrected chi connectivity index (χ4v) is 1.45. The molecule has 5 heteroatoms. The summed E-state index contributed by atoms with van der Waals surface area (Å²) < 4.78 is 18.8. The quantitative estimate of drug-likeness (QED) is 0.616. The summed E-state index contributed by atoms with van der Waals surface area (Å²) in [4.78, 5) is 0.245. The van der Waals surface area contributed by atoms with E-state index in [1.165, 1.54) is 24.4 Å². The zero-order valence-electron chi connectivity index (χ0n) is 9.71. The third-order valence-corrected chi connectivity index (χ3v) is 2.37. The van der Waals surface area contributed by atoms with E-state index in [2.05, 4.69) is 5.10 Å². The molecule has 0 radical (unpaired) electrons. The molecule has 0 aliphatic carbocycles. The Morgan fingerprint density at radius 3 is 2.67 bits per heavy atom. The standard InChI is InChI=1S/C13H11FN2O2/c1-18-11-6-4-10(5-7-11)9-12(14)13-3-2-8-15-16(13)17/h2-9H,1H3/b12-9-. The molecule has 1 aromatic carbocycles. The topological polar surface area (TPSA) is 49.1 Å². The van der Waals surface area contributed by atoms with Gasteiger partial charge in [0, 0.05) is 11.2 Å². The van der Waals surface area contributed by atoms with Crippen LogP contribution in [0.4, 0.5) is 4.39 Å². The van der Waals surface area contributed by atoms with E-state index in [1.807, 2.05) is 0 Å². The summed E-state index contributed by atoms with van der Waals surface area (Å²) in [5, 5.41) is 14.7. The van der Waals surface area contributed by atoms with Crippen LogP contribution in [0.25, 0.3) is 11.9 Å². The summed E-state index contributed by atoms with van der Waals surface area (Å²) in [5.41, 5.74) is 0.519. The Labute approximate surface area is 104 Å². The van der Waals surface area contributed by atoms with Crippen molar-refractivity contribution in [3.8, 4) is 5.75 Å². The summed E-state index contributed by atoms with van der Waals surface area (Å²) in [6.07, 6.45) is 2.57. The van der Waals surface area contributed by atoms with Crippen molar-refractivity contribution in [1.29, 1.82) is 0 Å². The van der Waals surface area contributed by atoms with Crippen molar-refractivity contribution in [2.45, 2.75) is 0 Å². The van der Waals surface area contributed by atoms with Gasteiger partial charge in [-0.15, -0.1) is 0 Å². The van der Waals surface area contributed by atoms with Gasteiger partial charge in [-0.25, -0.2) is 0 Å². The van der Waals surface area contributed by atoms with Crippen LogP contribution in [-0.2, 0) is 0 Å². The van der Waals surface area contributed by atoms with E-state index in [1.54, 1.807) is 31.4 Å². The second-order valence-corrected chi connectivity index (χ2v) is 3.55. The molecule has 0 unspecified atom stereocenters. The molecular weight excluding hydrogens is 235 g/mol. The second-order valence-electron chi connectivity index (χ2n) is 3.55. The molecule has 18 heavy (non-hydrogen) atoms. The Morgan fingerprint density at radius 2 is 2.06 bits per heavy atom. The van der Waals surface area contributed by atoms with E-state index >= 15 is 0 Å². The molecule has 4 nitrogen and oxygen atoms in total. The maximum Gasteiger partial charge on any atom is 0.280 e. The Hall–Kier alpha value is -2.43. The van der Waals surface area contributed by atoms with Gasteiger partial charge in [-0.3, -0.25) is 0 Å². The molecular formula is C13H11FN2O2. The number of hydrogen-bond donors (Lipinski definition) is 0. The number of rotatable bonds is 3. The lowest BCUT2D eigenvalue weighted by molar-refractivity contribution is -0.672. The van der Waals surface area contributed by atoms with Crippen LogP contribution >= 0.6 is 0 Å². The molecule has 0 bridgehead atoms. The first-order chi connectivity index (χ1) is 8.70. The van der Waals surface area contributed by atoms with Gasteiger partial charge in [-0.1, -0.05) is 12.1 Å². The number of methoxy groups -OCH3 is 1. The van der Waals surface area contributed by atoms with Gasteiger partial charge in [-0.05, 0) is 34.7 Å². The molecule has 0 aliphatic heterocycles. The van der Waals surface area contributed by atoms with Crippen molar-refractivity contribution in [3.05, 3.63) is 59.1 Å². The first kappa shape index (κ1) is 12.0. The summed E-state index contributed by atoms with van der Waals surface area (Å²) >= 11 is 0. The Bertz CT molecular complexity index is 567. The minimum Gasteiger partial charge on any atom is -0.594 e. The molecule has 2 aromatic rings. The molecule has 0 fully saturated rings. The van der Waals surface area contributed by atoms with E-state index < -0.39 is 5.83 Å². The van der Waals surface area contributed by atoms with Crippen molar-refractivity contribution in [1.82, 2.24) is 5.10 Å². The van der Waals surface area contributed by atoms with Crippen molar-refractivity contribution in [2.24, 2.45) is 0 Å². The number of halogens is 1. The van der Waals surface area contributed by atoms with Crippen LogP contribution in [0, 0.1) is 5.21 Å². The summed E-state index contributed by atoms with van der Waals surface area (Å²) in [6.45, 7) is 0. The number of aromatic nitrogens is 2. The molecule has 1 aromatic heterocycles. The third kappa shape index (κ3) is 2.63. The van der Waals surface area contributed by atoms with Gasteiger partial charge in [0.05, 0.1) is 13.3 Å². The number of benzene rings is 1. The molecule has 1 heterocycles. The maximum absolute atomic E-state index is 13.8. The smallest absolute Gasteiger partial charge is 0.280 e. The van der Waals surface area contributed by atoms with E-state index in [0.29, 0.717) is 11.3 Å². The summed E-state index contributed by atoms with van der Waals surface area (Å²) in [6, 6.07) is 9.70. The minimum atomic E-state index is -0.636. The van der Waals surface area contributed by atoms with Gasteiger partial charge in [0.15, 0.2) is 5.83 Å². The molecule has 0 atom stereocenters. The van der Waals surface area contributed by atoms with Gasteiger partial charge in [0.25, 0.3) is 5.69 Å². The lowest BCUT2D eigenvalue weighted by Crippen LogP contribution is -2.34. The SMILES string of the molecule is COc1ccc(/C=C(\F)c2cccn[n+]2[O-])cc1. The van der Waals surface area contributed by atoms with E-state index in [9.17, 15) is 9.60 Å². The van der Waals surface area contributed by atoms with Gasteiger partial charge in [-0.2, -0.15) is 4.39 Å². The molecule has 92 valence electrons. The summed E-state index contributed by atoms with van der Waals surface area (Å²) in [7, 11) is 1.56. The van der Waals surface area contributed by atoms with Crippen molar-refractivity contribution in [3.63, 3.8) is 0 Å². The van der Waals surface area contributed by atoms with Crippen LogP contribution in [0.15, 0.2) is 42.6 Å². The predicted molar refractivity (Wildman–Crippen MR) is 65.2 cm³/mol. The van der Waals surface area contributed by atoms with Crippen LogP contribution in [0.5, 0.6) is 5.75 Å². The van der Waals surface area contributed by atoms with Gasteiger partial charge >= 0.3 is 0 Å². The summed E-state index contributed by atoms with van der Waals surface area (Å²) in [5.74, 6) is 0.0519. The monoisotopic (exact) mass is 246 g/mol. The predicted octanol–water partition coefficient (Wildman–Crippen LogP) is 2.19. The molecule has 0 N–H and O–H groups in total. The number of nitrogens with zero attached hydrogens (tertiary/aromatic N) is 2. The average molecular weight is 246 g/mol. The first-order valence-corrected chi connectivity index (χ1v) is 5.27. The maximum atomic E-state index is 13.8. The Morgan fingerprint density at radius 1 is 1.33 bits per heavy atom. The molecule has 0 saturated carbocycles. The van der Waals surface area contributed by atoms with Gasteiger partial charge in [0.2, 0.25) is 0 Å². The third-order valence-electron chi connectivity index (χ3n) is 2.37. The minimum absolute atomic E-state index is 0.117. The van der Waals surface area contributed by atoms with Crippen molar-refractivity contribution < 1.29 is 14.0 Å². The molecule has 0 amide bonds. The molecule has 2 rings (SSSR count). The van der Waals surface area contributed by atoms with Gasteiger partial charge < -0.3 is 9.94 Å². The van der Waals surface area contributed by atoms with E-state index in [0.717, 1.165) is 0 Å². The van der Waals surface area contributed by atoms with Crippen molar-refractivity contribution in [2.75, 3.05) is 7.11 Å². The van der Waals surface area contributed by atoms with Crippen LogP contribution in [0.1, 0.15) is 11.3 Å². The highest BCUT2D eigenvalue weighted by Crippen LogP contribution is 2.18. The Kier molecular flexibility index (Phi) is 3.52. The van der Waals surface area contributed by atoms with Crippen molar-refractivity contribution >= 4 is 11.9 Å². The average Bonchev–Trinajstić information content (AvgIpc) is 2.40. The number of ether oxygens (including phenoxy) is 1. The van der Waals surface area contributed by atoms with Crippen LogP contribution in [-0.4, -0.2) is 12.2 Å². The Balaban J connectivity index is 2.29. The highest BCUT2D eigenvalue weighted by molar-refractivity contribution is 5.74. The zero-order chi connectivity index (χ0) is 13.0. The largest absolute Gasteiger partial charge is 0.594 e. The van der Waals surface area contributed by atoms with Crippen LogP contribution in [0.3, 0.4) is 0 Å². The van der Waals surface area contributed by atoms with E-state index in [-0.39, 0.29) is 10.5 Å². The normalized spacial score (nSPS) is 11.3. The fourth-order valence-electron chi connectivity index (χ4n) is 1.45. The lowest BCUT2D eigenvalue weighted by Gasteiger charge is -2.00. The van der Waals surface area contributed by atoms with Crippen LogP contribution < -0.4 is 9.58 Å². The number of hydrogen-bond acceptors (Lipinski definition) is 3. The second kappa shape index (κ2) is 5.27.